The quantitative estimate of drug-likeness (QED) is 0.303. The summed E-state index contributed by atoms with van der Waals surface area (Å²) in [5.41, 5.74) is 0. The molecule has 1 nitrogen and oxygen atoms in total. The van der Waals surface area contributed by atoms with E-state index >= 15 is 0 Å². The van der Waals surface area contributed by atoms with Gasteiger partial charge in [0.15, 0.2) is 13.7 Å². The minimum absolute atomic E-state index is 1.10. The van der Waals surface area contributed by atoms with Gasteiger partial charge in [-0.15, -0.1) is 0 Å². The maximum Gasteiger partial charge on any atom is 0.255 e. The summed E-state index contributed by atoms with van der Waals surface area (Å²) in [5, 5.41) is 0. The van der Waals surface area contributed by atoms with E-state index in [4.69, 9.17) is 0 Å². The van der Waals surface area contributed by atoms with Crippen molar-refractivity contribution in [2.75, 3.05) is 13.7 Å². The first-order chi connectivity index (χ1) is 9.84. The lowest BCUT2D eigenvalue weighted by molar-refractivity contribution is -0.00851. The number of hydrogen-bond donors (Lipinski definition) is 0. The normalized spacial score (nSPS) is 10.7. The van der Waals surface area contributed by atoms with Crippen LogP contribution in [0.25, 0.3) is 0 Å². The van der Waals surface area contributed by atoms with Gasteiger partial charge in [0.1, 0.15) is 0 Å². The minimum Gasteiger partial charge on any atom is -0.574 e. The topological polar surface area (TPSA) is 2.70 Å². The van der Waals surface area contributed by atoms with Gasteiger partial charge in [-0.25, -0.2) is 0 Å². The SMILES string of the molecule is CCCCCCCCCCCC[O+](C)c1ccccc1. The predicted molar refractivity (Wildman–Crippen MR) is 89.6 cm³/mol. The van der Waals surface area contributed by atoms with E-state index in [0.29, 0.717) is 0 Å². The summed E-state index contributed by atoms with van der Waals surface area (Å²) in [4.78, 5) is 0. The summed E-state index contributed by atoms with van der Waals surface area (Å²) >= 11 is 0. The molecule has 20 heavy (non-hydrogen) atoms. The molecule has 1 heteroatoms. The van der Waals surface area contributed by atoms with Gasteiger partial charge in [0, 0.05) is 18.6 Å². The Labute approximate surface area is 126 Å². The fourth-order valence-electron chi connectivity index (χ4n) is 2.58. The van der Waals surface area contributed by atoms with E-state index in [1.165, 1.54) is 70.0 Å². The van der Waals surface area contributed by atoms with Crippen molar-refractivity contribution in [1.82, 2.24) is 0 Å². The Morgan fingerprint density at radius 1 is 0.700 bits per heavy atom. The lowest BCUT2D eigenvalue weighted by atomic mass is 10.1. The van der Waals surface area contributed by atoms with Crippen LogP contribution in [0.5, 0.6) is 5.75 Å². The standard InChI is InChI=1S/C19H33O/c1-3-4-5-6-7-8-9-10-11-15-18-20(2)19-16-13-12-14-17-19/h12-14,16-17H,3-11,15,18H2,1-2H3/q+1. The number of rotatable bonds is 12. The van der Waals surface area contributed by atoms with Crippen molar-refractivity contribution in [2.45, 2.75) is 71.1 Å². The number of unbranched alkanes of at least 4 members (excludes halogenated alkanes) is 9. The maximum absolute atomic E-state index is 3.19. The fourth-order valence-corrected chi connectivity index (χ4v) is 2.58. The van der Waals surface area contributed by atoms with Crippen molar-refractivity contribution in [3.63, 3.8) is 0 Å². The van der Waals surface area contributed by atoms with Crippen LogP contribution in [-0.4, -0.2) is 13.7 Å². The number of para-hydroxylation sites is 1. The molecule has 0 aliphatic rings. The first-order valence-electron chi connectivity index (χ1n) is 8.52. The molecular formula is C19H33O+. The molecule has 0 heterocycles. The molecule has 0 saturated carbocycles. The zero-order chi connectivity index (χ0) is 14.5. The summed E-state index contributed by atoms with van der Waals surface area (Å²) in [6.45, 7) is 3.38. The summed E-state index contributed by atoms with van der Waals surface area (Å²) in [6, 6.07) is 10.6. The molecule has 0 N–H and O–H groups in total. The summed E-state index contributed by atoms with van der Waals surface area (Å²) in [6.07, 6.45) is 14.0. The van der Waals surface area contributed by atoms with Crippen LogP contribution in [0.15, 0.2) is 30.3 Å². The highest BCUT2D eigenvalue weighted by atomic mass is 16.7. The molecule has 0 aliphatic heterocycles. The summed E-state index contributed by atoms with van der Waals surface area (Å²) in [7, 11) is 2.11. The van der Waals surface area contributed by atoms with Gasteiger partial charge >= 0.3 is 0 Å². The average molecular weight is 277 g/mol. The van der Waals surface area contributed by atoms with Crippen LogP contribution < -0.4 is 0 Å². The second-order valence-corrected chi connectivity index (χ2v) is 5.84. The second-order valence-electron chi connectivity index (χ2n) is 5.84. The molecule has 114 valence electrons. The van der Waals surface area contributed by atoms with Gasteiger partial charge in [0.2, 0.25) is 0 Å². The van der Waals surface area contributed by atoms with Crippen molar-refractivity contribution >= 4 is 0 Å². The van der Waals surface area contributed by atoms with Gasteiger partial charge in [0.25, 0.3) is 5.75 Å². The van der Waals surface area contributed by atoms with Crippen LogP contribution in [0, 0.1) is 0 Å². The molecule has 0 fully saturated rings. The monoisotopic (exact) mass is 277 g/mol. The van der Waals surface area contributed by atoms with Gasteiger partial charge in [-0.05, 0) is 6.42 Å². The van der Waals surface area contributed by atoms with Gasteiger partial charge < -0.3 is 4.37 Å². The smallest absolute Gasteiger partial charge is 0.255 e. The number of benzene rings is 1. The Bertz CT molecular complexity index is 307. The van der Waals surface area contributed by atoms with E-state index < -0.39 is 0 Å². The van der Waals surface area contributed by atoms with Crippen molar-refractivity contribution in [3.05, 3.63) is 30.3 Å². The van der Waals surface area contributed by atoms with Crippen molar-refractivity contribution in [2.24, 2.45) is 0 Å². The van der Waals surface area contributed by atoms with E-state index in [-0.39, 0.29) is 0 Å². The Balaban J connectivity index is 1.90. The molecule has 0 saturated heterocycles. The third-order valence-electron chi connectivity index (χ3n) is 3.95. The third-order valence-corrected chi connectivity index (χ3v) is 3.95. The van der Waals surface area contributed by atoms with Gasteiger partial charge in [-0.1, -0.05) is 76.5 Å². The molecule has 0 radical (unpaired) electrons. The highest BCUT2D eigenvalue weighted by Gasteiger charge is 2.04. The van der Waals surface area contributed by atoms with Crippen LogP contribution in [0.2, 0.25) is 0 Å². The molecule has 0 amide bonds. The molecule has 0 bridgehead atoms. The lowest BCUT2D eigenvalue weighted by Crippen LogP contribution is -2.03. The van der Waals surface area contributed by atoms with Crippen LogP contribution in [0.3, 0.4) is 0 Å². The number of hydrogen-bond acceptors (Lipinski definition) is 0. The second kappa shape index (κ2) is 11.8. The maximum atomic E-state index is 3.19. The van der Waals surface area contributed by atoms with Crippen molar-refractivity contribution < 1.29 is 4.37 Å². The van der Waals surface area contributed by atoms with Crippen LogP contribution >= 0.6 is 0 Å². The van der Waals surface area contributed by atoms with Crippen LogP contribution in [0.4, 0.5) is 0 Å². The molecule has 0 unspecified atom stereocenters. The first kappa shape index (κ1) is 17.1. The van der Waals surface area contributed by atoms with Gasteiger partial charge in [0.05, 0.1) is 0 Å². The van der Waals surface area contributed by atoms with Crippen molar-refractivity contribution in [1.29, 1.82) is 0 Å². The third kappa shape index (κ3) is 8.24. The first-order valence-corrected chi connectivity index (χ1v) is 8.52. The Hall–Kier alpha value is -0.980. The van der Waals surface area contributed by atoms with Crippen LogP contribution in [0.1, 0.15) is 71.1 Å². The predicted octanol–water partition coefficient (Wildman–Crippen LogP) is 6.50. The summed E-state index contributed by atoms with van der Waals surface area (Å²) in [5.74, 6) is 1.25. The molecule has 0 aromatic heterocycles. The Morgan fingerprint density at radius 3 is 1.75 bits per heavy atom. The Morgan fingerprint density at radius 2 is 1.20 bits per heavy atom. The van der Waals surface area contributed by atoms with Crippen LogP contribution in [-0.2, 0) is 4.37 Å². The molecule has 1 aromatic rings. The molecular weight excluding hydrogens is 244 g/mol. The highest BCUT2D eigenvalue weighted by molar-refractivity contribution is 5.21. The van der Waals surface area contributed by atoms with E-state index in [1.54, 1.807) is 0 Å². The summed E-state index contributed by atoms with van der Waals surface area (Å²) < 4.78 is 3.19. The van der Waals surface area contributed by atoms with Crippen molar-refractivity contribution in [3.8, 4) is 5.75 Å². The Kier molecular flexibility index (Phi) is 10.1. The van der Waals surface area contributed by atoms with E-state index in [2.05, 4.69) is 48.7 Å². The zero-order valence-electron chi connectivity index (χ0n) is 13.6. The minimum atomic E-state index is 1.10. The van der Waals surface area contributed by atoms with E-state index in [0.717, 1.165) is 6.61 Å². The average Bonchev–Trinajstić information content (AvgIpc) is 2.50. The molecule has 0 atom stereocenters. The highest BCUT2D eigenvalue weighted by Crippen LogP contribution is 2.21. The zero-order valence-corrected chi connectivity index (χ0v) is 13.6. The van der Waals surface area contributed by atoms with E-state index in [1.807, 2.05) is 0 Å². The largest absolute Gasteiger partial charge is 0.574 e. The van der Waals surface area contributed by atoms with E-state index in [9.17, 15) is 0 Å². The van der Waals surface area contributed by atoms with Gasteiger partial charge in [-0.3, -0.25) is 0 Å². The lowest BCUT2D eigenvalue weighted by Gasteiger charge is -2.18. The van der Waals surface area contributed by atoms with Gasteiger partial charge in [-0.2, -0.15) is 0 Å². The molecule has 0 spiro atoms. The fraction of sp³-hybridized carbons (Fsp3) is 0.684. The molecule has 0 aliphatic carbocycles. The molecule has 1 aromatic carbocycles. The molecule has 1 rings (SSSR count).